The molecule has 1 fully saturated rings. The van der Waals surface area contributed by atoms with Gasteiger partial charge in [-0.05, 0) is 60.6 Å². The number of primary sulfonamides is 1. The summed E-state index contributed by atoms with van der Waals surface area (Å²) in [4.78, 5) is 20.9. The van der Waals surface area contributed by atoms with Crippen molar-refractivity contribution in [1.29, 1.82) is 0 Å². The second kappa shape index (κ2) is 8.54. The first-order chi connectivity index (χ1) is 16.3. The number of amides is 1. The van der Waals surface area contributed by atoms with Gasteiger partial charge < -0.3 is 11.1 Å². The zero-order valence-electron chi connectivity index (χ0n) is 18.3. The number of nitrogens with zero attached hydrogens (tertiary/aromatic N) is 3. The number of imidazole rings is 1. The van der Waals surface area contributed by atoms with Gasteiger partial charge in [0.1, 0.15) is 0 Å². The third-order valence-corrected chi connectivity index (χ3v) is 6.95. The Morgan fingerprint density at radius 1 is 1.12 bits per heavy atom. The SMILES string of the molecule is NC(=O)c1ccc(-c2cnc3c(NCCc4ccc(S(N)(=O)=O)cc4)nccn23)cc1C1CC1. The molecule has 5 rings (SSSR count). The molecule has 0 spiro atoms. The lowest BCUT2D eigenvalue weighted by molar-refractivity contribution is 0.0999. The lowest BCUT2D eigenvalue weighted by Crippen LogP contribution is -2.13. The van der Waals surface area contributed by atoms with Crippen molar-refractivity contribution in [2.45, 2.75) is 30.1 Å². The summed E-state index contributed by atoms with van der Waals surface area (Å²) < 4.78 is 24.8. The van der Waals surface area contributed by atoms with E-state index in [0.29, 0.717) is 35.9 Å². The first kappa shape index (κ1) is 22.1. The predicted octanol–water partition coefficient (Wildman–Crippen LogP) is 2.67. The number of primary amides is 1. The van der Waals surface area contributed by atoms with Gasteiger partial charge in [0.15, 0.2) is 11.5 Å². The third kappa shape index (κ3) is 4.37. The van der Waals surface area contributed by atoms with Crippen LogP contribution in [0.1, 0.15) is 40.2 Å². The second-order valence-corrected chi connectivity index (χ2v) is 9.98. The summed E-state index contributed by atoms with van der Waals surface area (Å²) in [6.45, 7) is 0.586. The lowest BCUT2D eigenvalue weighted by Gasteiger charge is -2.10. The Morgan fingerprint density at radius 2 is 1.88 bits per heavy atom. The zero-order valence-corrected chi connectivity index (χ0v) is 19.1. The van der Waals surface area contributed by atoms with E-state index in [0.717, 1.165) is 35.2 Å². The molecule has 2 aromatic carbocycles. The van der Waals surface area contributed by atoms with Crippen LogP contribution in [0.4, 0.5) is 5.82 Å². The van der Waals surface area contributed by atoms with Crippen LogP contribution in [0.15, 0.2) is 66.0 Å². The standard InChI is InChI=1S/C24H24N6O3S/c25-22(31)19-8-5-17(13-20(19)16-3-4-16)21-14-29-24-23(28-11-12-30(21)24)27-10-9-15-1-6-18(7-2-15)34(26,32)33/h1-2,5-8,11-14,16H,3-4,9-10H2,(H2,25,31)(H,27,28)(H2,26,32,33). The molecule has 0 saturated heterocycles. The molecule has 174 valence electrons. The van der Waals surface area contributed by atoms with Crippen molar-refractivity contribution in [3.63, 3.8) is 0 Å². The van der Waals surface area contributed by atoms with Crippen LogP contribution in [0.25, 0.3) is 16.9 Å². The van der Waals surface area contributed by atoms with Crippen LogP contribution in [0.5, 0.6) is 0 Å². The van der Waals surface area contributed by atoms with Crippen molar-refractivity contribution >= 4 is 27.4 Å². The minimum absolute atomic E-state index is 0.0919. The van der Waals surface area contributed by atoms with E-state index >= 15 is 0 Å². The fraction of sp³-hybridized carbons (Fsp3) is 0.208. The van der Waals surface area contributed by atoms with E-state index in [9.17, 15) is 13.2 Å². The molecule has 34 heavy (non-hydrogen) atoms. The summed E-state index contributed by atoms with van der Waals surface area (Å²) in [5, 5.41) is 8.46. The van der Waals surface area contributed by atoms with Crippen molar-refractivity contribution in [1.82, 2.24) is 14.4 Å². The summed E-state index contributed by atoms with van der Waals surface area (Å²) in [6, 6.07) is 12.2. The molecular weight excluding hydrogens is 452 g/mol. The largest absolute Gasteiger partial charge is 0.367 e. The number of carbonyl (C=O) groups is 1. The summed E-state index contributed by atoms with van der Waals surface area (Å²) in [7, 11) is -3.70. The topological polar surface area (TPSA) is 145 Å². The highest BCUT2D eigenvalue weighted by atomic mass is 32.2. The normalized spacial score (nSPS) is 13.8. The Labute approximate surface area is 196 Å². The number of sulfonamides is 1. The molecule has 2 aromatic heterocycles. The fourth-order valence-electron chi connectivity index (χ4n) is 4.11. The van der Waals surface area contributed by atoms with Gasteiger partial charge in [-0.15, -0.1) is 0 Å². The van der Waals surface area contributed by atoms with Crippen LogP contribution >= 0.6 is 0 Å². The molecule has 0 bridgehead atoms. The molecule has 0 unspecified atom stereocenters. The van der Waals surface area contributed by atoms with Crippen LogP contribution in [0, 0.1) is 0 Å². The molecule has 2 heterocycles. The summed E-state index contributed by atoms with van der Waals surface area (Å²) in [5.41, 5.74) is 10.7. The zero-order chi connectivity index (χ0) is 23.9. The Morgan fingerprint density at radius 3 is 2.56 bits per heavy atom. The summed E-state index contributed by atoms with van der Waals surface area (Å²) in [5.74, 6) is 0.632. The van der Waals surface area contributed by atoms with Crippen LogP contribution < -0.4 is 16.2 Å². The van der Waals surface area contributed by atoms with Crippen molar-refractivity contribution in [3.05, 3.63) is 77.7 Å². The number of nitrogens with one attached hydrogen (secondary N) is 1. The molecule has 10 heteroatoms. The number of anilines is 1. The van der Waals surface area contributed by atoms with Gasteiger partial charge in [0.25, 0.3) is 0 Å². The smallest absolute Gasteiger partial charge is 0.248 e. The molecule has 0 radical (unpaired) electrons. The predicted molar refractivity (Wildman–Crippen MR) is 129 cm³/mol. The summed E-state index contributed by atoms with van der Waals surface area (Å²) >= 11 is 0. The van der Waals surface area contributed by atoms with E-state index in [1.54, 1.807) is 30.6 Å². The van der Waals surface area contributed by atoms with E-state index in [1.165, 1.54) is 12.1 Å². The molecule has 5 N–H and O–H groups in total. The van der Waals surface area contributed by atoms with Crippen LogP contribution in [0.3, 0.4) is 0 Å². The molecule has 0 atom stereocenters. The van der Waals surface area contributed by atoms with E-state index in [2.05, 4.69) is 15.3 Å². The van der Waals surface area contributed by atoms with Crippen molar-refractivity contribution < 1.29 is 13.2 Å². The van der Waals surface area contributed by atoms with Gasteiger partial charge in [-0.3, -0.25) is 9.20 Å². The number of hydrogen-bond donors (Lipinski definition) is 3. The Balaban J connectivity index is 1.36. The number of aromatic nitrogens is 3. The van der Waals surface area contributed by atoms with Gasteiger partial charge in [-0.2, -0.15) is 0 Å². The molecule has 0 aliphatic heterocycles. The van der Waals surface area contributed by atoms with Gasteiger partial charge in [0.05, 0.1) is 16.8 Å². The van der Waals surface area contributed by atoms with E-state index in [-0.39, 0.29) is 4.90 Å². The highest BCUT2D eigenvalue weighted by molar-refractivity contribution is 7.89. The molecule has 1 saturated carbocycles. The van der Waals surface area contributed by atoms with E-state index < -0.39 is 15.9 Å². The van der Waals surface area contributed by atoms with E-state index in [1.807, 2.05) is 22.7 Å². The average Bonchev–Trinajstić information content (AvgIpc) is 3.57. The number of nitrogens with two attached hydrogens (primary N) is 2. The van der Waals surface area contributed by atoms with Gasteiger partial charge in [-0.1, -0.05) is 18.2 Å². The van der Waals surface area contributed by atoms with Gasteiger partial charge in [0.2, 0.25) is 15.9 Å². The first-order valence-electron chi connectivity index (χ1n) is 10.9. The quantitative estimate of drug-likeness (QED) is 0.356. The number of hydrogen-bond acceptors (Lipinski definition) is 6. The maximum absolute atomic E-state index is 11.8. The molecule has 4 aromatic rings. The molecule has 1 aliphatic rings. The van der Waals surface area contributed by atoms with Gasteiger partial charge in [0, 0.05) is 30.1 Å². The number of rotatable bonds is 8. The fourth-order valence-corrected chi connectivity index (χ4v) is 4.62. The number of benzene rings is 2. The maximum Gasteiger partial charge on any atom is 0.248 e. The molecule has 1 amide bonds. The molecule has 1 aliphatic carbocycles. The highest BCUT2D eigenvalue weighted by Crippen LogP contribution is 2.43. The monoisotopic (exact) mass is 476 g/mol. The Hall–Kier alpha value is -3.76. The van der Waals surface area contributed by atoms with E-state index in [4.69, 9.17) is 10.9 Å². The van der Waals surface area contributed by atoms with Gasteiger partial charge in [-0.25, -0.2) is 23.5 Å². The third-order valence-electron chi connectivity index (χ3n) is 6.02. The van der Waals surface area contributed by atoms with Crippen molar-refractivity contribution in [2.75, 3.05) is 11.9 Å². The van der Waals surface area contributed by atoms with Crippen LogP contribution in [-0.4, -0.2) is 35.2 Å². The maximum atomic E-state index is 11.8. The van der Waals surface area contributed by atoms with Crippen LogP contribution in [-0.2, 0) is 16.4 Å². The van der Waals surface area contributed by atoms with Crippen molar-refractivity contribution in [3.8, 4) is 11.3 Å². The Kier molecular flexibility index (Phi) is 5.54. The molecular formula is C24H24N6O3S. The first-order valence-corrected chi connectivity index (χ1v) is 12.5. The molecule has 9 nitrogen and oxygen atoms in total. The number of carbonyl (C=O) groups excluding carboxylic acids is 1. The van der Waals surface area contributed by atoms with Gasteiger partial charge >= 0.3 is 0 Å². The average molecular weight is 477 g/mol. The lowest BCUT2D eigenvalue weighted by atomic mass is 9.98. The van der Waals surface area contributed by atoms with Crippen LogP contribution in [0.2, 0.25) is 0 Å². The minimum Gasteiger partial charge on any atom is -0.367 e. The van der Waals surface area contributed by atoms with Crippen molar-refractivity contribution in [2.24, 2.45) is 10.9 Å². The number of fused-ring (bicyclic) bond motifs is 1. The Bertz CT molecular complexity index is 1490. The second-order valence-electron chi connectivity index (χ2n) is 8.42. The summed E-state index contributed by atoms with van der Waals surface area (Å²) in [6.07, 6.45) is 8.17. The highest BCUT2D eigenvalue weighted by Gasteiger charge is 2.28. The minimum atomic E-state index is -3.70.